The first-order valence-electron chi connectivity index (χ1n) is 6.51. The summed E-state index contributed by atoms with van der Waals surface area (Å²) in [6, 6.07) is 9.23. The SMILES string of the molecule is CCc1cc(Br)c(N=C=O)c(Br)c1.O=C=Nc1ccc(Br)cc1Br. The van der Waals surface area contributed by atoms with Gasteiger partial charge in [-0.25, -0.2) is 9.59 Å². The van der Waals surface area contributed by atoms with Crippen molar-refractivity contribution in [2.75, 3.05) is 0 Å². The minimum atomic E-state index is 0.586. The second-order valence-electron chi connectivity index (χ2n) is 4.26. The lowest BCUT2D eigenvalue weighted by Gasteiger charge is -2.03. The topological polar surface area (TPSA) is 58.9 Å². The zero-order valence-electron chi connectivity index (χ0n) is 12.3. The van der Waals surface area contributed by atoms with Crippen molar-refractivity contribution >= 4 is 87.3 Å². The van der Waals surface area contributed by atoms with Gasteiger partial charge in [0.15, 0.2) is 0 Å². The maximum absolute atomic E-state index is 10.1. The molecule has 0 radical (unpaired) electrons. The number of aliphatic imine (C=N–C) groups is 2. The summed E-state index contributed by atoms with van der Waals surface area (Å²) in [5.74, 6) is 0. The molecule has 0 unspecified atom stereocenters. The van der Waals surface area contributed by atoms with Crippen molar-refractivity contribution in [3.8, 4) is 0 Å². The van der Waals surface area contributed by atoms with Crippen LogP contribution in [0, 0.1) is 0 Å². The van der Waals surface area contributed by atoms with Crippen molar-refractivity contribution in [1.29, 1.82) is 0 Å². The van der Waals surface area contributed by atoms with E-state index in [4.69, 9.17) is 0 Å². The van der Waals surface area contributed by atoms with Crippen molar-refractivity contribution in [1.82, 2.24) is 0 Å². The van der Waals surface area contributed by atoms with Crippen molar-refractivity contribution in [2.45, 2.75) is 13.3 Å². The lowest BCUT2D eigenvalue weighted by Crippen LogP contribution is -1.81. The van der Waals surface area contributed by atoms with Gasteiger partial charge in [0.25, 0.3) is 0 Å². The molecule has 0 amide bonds. The molecule has 0 aliphatic rings. The minimum absolute atomic E-state index is 0.586. The van der Waals surface area contributed by atoms with Gasteiger partial charge < -0.3 is 0 Å². The largest absolute Gasteiger partial charge is 0.240 e. The summed E-state index contributed by atoms with van der Waals surface area (Å²) >= 11 is 13.2. The Balaban J connectivity index is 0.000000243. The molecule has 0 atom stereocenters. The number of nitrogens with zero attached hydrogens (tertiary/aromatic N) is 2. The van der Waals surface area contributed by atoms with Crippen LogP contribution in [0.3, 0.4) is 0 Å². The highest BCUT2D eigenvalue weighted by molar-refractivity contribution is 9.11. The van der Waals surface area contributed by atoms with E-state index < -0.39 is 0 Å². The number of halogens is 4. The Bertz CT molecular complexity index is 804. The third kappa shape index (κ3) is 6.55. The highest BCUT2D eigenvalue weighted by atomic mass is 79.9. The molecular formula is C16H10Br4N2O2. The number of rotatable bonds is 3. The fraction of sp³-hybridized carbons (Fsp3) is 0.125. The predicted molar refractivity (Wildman–Crippen MR) is 109 cm³/mol. The summed E-state index contributed by atoms with van der Waals surface area (Å²) in [5, 5.41) is 0. The van der Waals surface area contributed by atoms with Crippen LogP contribution in [0.5, 0.6) is 0 Å². The average molecular weight is 582 g/mol. The van der Waals surface area contributed by atoms with E-state index in [1.54, 1.807) is 12.1 Å². The molecule has 24 heavy (non-hydrogen) atoms. The van der Waals surface area contributed by atoms with Crippen LogP contribution in [0.1, 0.15) is 12.5 Å². The minimum Gasteiger partial charge on any atom is -0.211 e. The first-order valence-corrected chi connectivity index (χ1v) is 9.68. The number of benzene rings is 2. The van der Waals surface area contributed by atoms with Crippen LogP contribution in [0.15, 0.2) is 58.2 Å². The normalized spacial score (nSPS) is 9.21. The molecular weight excluding hydrogens is 572 g/mol. The van der Waals surface area contributed by atoms with Gasteiger partial charge in [-0.15, -0.1) is 0 Å². The monoisotopic (exact) mass is 578 g/mol. The van der Waals surface area contributed by atoms with Gasteiger partial charge in [0.2, 0.25) is 12.2 Å². The van der Waals surface area contributed by atoms with E-state index in [1.807, 2.05) is 18.2 Å². The van der Waals surface area contributed by atoms with E-state index in [0.29, 0.717) is 11.4 Å². The fourth-order valence-electron chi connectivity index (χ4n) is 1.60. The summed E-state index contributed by atoms with van der Waals surface area (Å²) in [6.07, 6.45) is 3.94. The van der Waals surface area contributed by atoms with E-state index in [-0.39, 0.29) is 0 Å². The molecule has 0 fully saturated rings. The van der Waals surface area contributed by atoms with Crippen LogP contribution >= 0.6 is 63.7 Å². The maximum atomic E-state index is 10.1. The lowest BCUT2D eigenvalue weighted by atomic mass is 10.1. The van der Waals surface area contributed by atoms with E-state index in [2.05, 4.69) is 80.6 Å². The van der Waals surface area contributed by atoms with E-state index in [9.17, 15) is 9.59 Å². The molecule has 2 rings (SSSR count). The summed E-state index contributed by atoms with van der Waals surface area (Å²) in [4.78, 5) is 27.0. The molecule has 2 aromatic carbocycles. The van der Waals surface area contributed by atoms with E-state index >= 15 is 0 Å². The molecule has 2 aromatic rings. The van der Waals surface area contributed by atoms with Gasteiger partial charge in [-0.2, -0.15) is 9.98 Å². The van der Waals surface area contributed by atoms with Gasteiger partial charge in [0.1, 0.15) is 5.69 Å². The Morgan fingerprint density at radius 2 is 1.46 bits per heavy atom. The Kier molecular flexibility index (Phi) is 9.59. The molecule has 0 saturated carbocycles. The number of carbonyl (C=O) groups excluding carboxylic acids is 2. The van der Waals surface area contributed by atoms with Crippen LogP contribution in [0.25, 0.3) is 0 Å². The van der Waals surface area contributed by atoms with Gasteiger partial charge in [0, 0.05) is 17.9 Å². The van der Waals surface area contributed by atoms with Crippen molar-refractivity contribution in [3.05, 3.63) is 53.8 Å². The first kappa shape index (κ1) is 21.2. The van der Waals surface area contributed by atoms with Crippen molar-refractivity contribution < 1.29 is 9.59 Å². The molecule has 0 saturated heterocycles. The predicted octanol–water partition coefficient (Wildman–Crippen LogP) is 6.92. The third-order valence-electron chi connectivity index (χ3n) is 2.72. The Morgan fingerprint density at radius 1 is 0.875 bits per heavy atom. The quantitative estimate of drug-likeness (QED) is 0.292. The fourth-order valence-corrected chi connectivity index (χ4v) is 4.19. The molecule has 0 N–H and O–H groups in total. The standard InChI is InChI=1S/C9H7Br2NO.C7H3Br2NO/c1-2-6-3-7(10)9(12-5-13)8(11)4-6;8-5-1-2-7(10-4-11)6(9)3-5/h3-4H,2H2,1H3;1-3H. The lowest BCUT2D eigenvalue weighted by molar-refractivity contribution is 0.564. The molecule has 8 heteroatoms. The third-order valence-corrected chi connectivity index (χ3v) is 5.06. The molecule has 0 aromatic heterocycles. The molecule has 124 valence electrons. The second-order valence-corrected chi connectivity index (χ2v) is 7.74. The molecule has 0 spiro atoms. The zero-order valence-corrected chi connectivity index (χ0v) is 18.7. The number of isocyanates is 2. The molecule has 0 aliphatic heterocycles. The summed E-state index contributed by atoms with van der Waals surface area (Å²) < 4.78 is 3.33. The van der Waals surface area contributed by atoms with Crippen LogP contribution < -0.4 is 0 Å². The van der Waals surface area contributed by atoms with Crippen LogP contribution in [0.2, 0.25) is 0 Å². The van der Waals surface area contributed by atoms with E-state index in [0.717, 1.165) is 24.3 Å². The highest BCUT2D eigenvalue weighted by Gasteiger charge is 2.05. The number of hydrogen-bond donors (Lipinski definition) is 0. The Morgan fingerprint density at radius 3 is 1.92 bits per heavy atom. The van der Waals surface area contributed by atoms with E-state index in [1.165, 1.54) is 17.7 Å². The maximum Gasteiger partial charge on any atom is 0.240 e. The van der Waals surface area contributed by atoms with Gasteiger partial charge in [-0.05, 0) is 90.1 Å². The number of hydrogen-bond acceptors (Lipinski definition) is 4. The smallest absolute Gasteiger partial charge is 0.211 e. The highest BCUT2D eigenvalue weighted by Crippen LogP contribution is 2.34. The first-order chi connectivity index (χ1) is 11.4. The Labute approximate surface area is 173 Å². The molecule has 0 heterocycles. The van der Waals surface area contributed by atoms with Crippen LogP contribution in [0.4, 0.5) is 11.4 Å². The van der Waals surface area contributed by atoms with Gasteiger partial charge >= 0.3 is 0 Å². The molecule has 0 aliphatic carbocycles. The average Bonchev–Trinajstić information content (AvgIpc) is 2.54. The second kappa shape index (κ2) is 10.9. The molecule has 0 bridgehead atoms. The van der Waals surface area contributed by atoms with Gasteiger partial charge in [-0.3, -0.25) is 0 Å². The van der Waals surface area contributed by atoms with Crippen molar-refractivity contribution in [2.24, 2.45) is 9.98 Å². The van der Waals surface area contributed by atoms with Crippen LogP contribution in [-0.4, -0.2) is 12.2 Å². The Hall–Kier alpha value is -0.880. The molecule has 4 nitrogen and oxygen atoms in total. The van der Waals surface area contributed by atoms with Gasteiger partial charge in [0.05, 0.1) is 5.69 Å². The number of aryl methyl sites for hydroxylation is 1. The van der Waals surface area contributed by atoms with Crippen LogP contribution in [-0.2, 0) is 16.0 Å². The zero-order chi connectivity index (χ0) is 18.1. The van der Waals surface area contributed by atoms with Crippen molar-refractivity contribution in [3.63, 3.8) is 0 Å². The summed E-state index contributed by atoms with van der Waals surface area (Å²) in [5.41, 5.74) is 2.36. The summed E-state index contributed by atoms with van der Waals surface area (Å²) in [6.45, 7) is 2.07. The summed E-state index contributed by atoms with van der Waals surface area (Å²) in [7, 11) is 0. The van der Waals surface area contributed by atoms with Gasteiger partial charge in [-0.1, -0.05) is 22.9 Å².